The van der Waals surface area contributed by atoms with Crippen molar-refractivity contribution in [2.45, 2.75) is 0 Å². The quantitative estimate of drug-likeness (QED) is 0.820. The fourth-order valence-electron chi connectivity index (χ4n) is 1.48. The van der Waals surface area contributed by atoms with Crippen LogP contribution in [0.4, 0.5) is 0 Å². The molecule has 3 heteroatoms. The predicted octanol–water partition coefficient (Wildman–Crippen LogP) is 4.03. The van der Waals surface area contributed by atoms with Crippen LogP contribution >= 0.6 is 15.9 Å². The van der Waals surface area contributed by atoms with Crippen LogP contribution in [0.15, 0.2) is 46.9 Å². The number of phenolic OH excluding ortho intramolecular Hbond substituents is 2. The van der Waals surface area contributed by atoms with Crippen molar-refractivity contribution in [2.24, 2.45) is 0 Å². The van der Waals surface area contributed by atoms with E-state index in [4.69, 9.17) is 0 Å². The van der Waals surface area contributed by atoms with E-state index in [0.717, 1.165) is 15.6 Å². The first-order chi connectivity index (χ1) is 8.13. The van der Waals surface area contributed by atoms with E-state index < -0.39 is 0 Å². The smallest absolute Gasteiger partial charge is 0.119 e. The van der Waals surface area contributed by atoms with Gasteiger partial charge < -0.3 is 10.2 Å². The lowest BCUT2D eigenvalue weighted by Crippen LogP contribution is -1.74. The molecule has 0 saturated heterocycles. The molecule has 0 amide bonds. The Morgan fingerprint density at radius 1 is 0.765 bits per heavy atom. The van der Waals surface area contributed by atoms with Crippen LogP contribution in [0.2, 0.25) is 0 Å². The summed E-state index contributed by atoms with van der Waals surface area (Å²) in [5, 5.41) is 18.7. The van der Waals surface area contributed by atoms with Crippen molar-refractivity contribution in [1.82, 2.24) is 0 Å². The molecule has 0 aliphatic heterocycles. The Morgan fingerprint density at radius 3 is 1.88 bits per heavy atom. The van der Waals surface area contributed by atoms with Crippen LogP contribution in [0.25, 0.3) is 12.2 Å². The van der Waals surface area contributed by atoms with Gasteiger partial charge in [-0.15, -0.1) is 0 Å². The molecule has 0 spiro atoms. The van der Waals surface area contributed by atoms with Gasteiger partial charge in [0.1, 0.15) is 11.5 Å². The summed E-state index contributed by atoms with van der Waals surface area (Å²) < 4.78 is 1.03. The van der Waals surface area contributed by atoms with Crippen LogP contribution in [0.3, 0.4) is 0 Å². The van der Waals surface area contributed by atoms with E-state index >= 15 is 0 Å². The molecule has 2 nitrogen and oxygen atoms in total. The first kappa shape index (κ1) is 11.7. The van der Waals surface area contributed by atoms with Gasteiger partial charge in [0, 0.05) is 10.5 Å². The summed E-state index contributed by atoms with van der Waals surface area (Å²) in [6.45, 7) is 0. The van der Waals surface area contributed by atoms with E-state index in [2.05, 4.69) is 15.9 Å². The third-order valence-electron chi connectivity index (χ3n) is 2.26. The van der Waals surface area contributed by atoms with Crippen molar-refractivity contribution in [3.05, 3.63) is 58.1 Å². The zero-order chi connectivity index (χ0) is 12.3. The summed E-state index contributed by atoms with van der Waals surface area (Å²) in [5.41, 5.74) is 1.81. The average molecular weight is 291 g/mol. The second-order valence-corrected chi connectivity index (χ2v) is 4.58. The van der Waals surface area contributed by atoms with E-state index in [1.807, 2.05) is 36.4 Å². The Bertz CT molecular complexity index is 524. The summed E-state index contributed by atoms with van der Waals surface area (Å²) in [4.78, 5) is 0. The van der Waals surface area contributed by atoms with Crippen LogP contribution in [-0.2, 0) is 0 Å². The first-order valence-electron chi connectivity index (χ1n) is 5.10. The van der Waals surface area contributed by atoms with Crippen LogP contribution in [0.1, 0.15) is 11.1 Å². The predicted molar refractivity (Wildman–Crippen MR) is 72.8 cm³/mol. The molecule has 0 aromatic heterocycles. The number of hydrogen-bond donors (Lipinski definition) is 2. The topological polar surface area (TPSA) is 40.5 Å². The van der Waals surface area contributed by atoms with Gasteiger partial charge in [0.15, 0.2) is 0 Å². The van der Waals surface area contributed by atoms with Crippen molar-refractivity contribution in [3.63, 3.8) is 0 Å². The summed E-state index contributed by atoms with van der Waals surface area (Å²) >= 11 is 3.37. The molecule has 86 valence electrons. The van der Waals surface area contributed by atoms with Crippen LogP contribution in [-0.4, -0.2) is 10.2 Å². The zero-order valence-corrected chi connectivity index (χ0v) is 10.6. The molecule has 0 unspecified atom stereocenters. The lowest BCUT2D eigenvalue weighted by atomic mass is 10.1. The van der Waals surface area contributed by atoms with E-state index in [1.54, 1.807) is 12.1 Å². The van der Waals surface area contributed by atoms with E-state index in [1.165, 1.54) is 6.07 Å². The highest BCUT2D eigenvalue weighted by Crippen LogP contribution is 2.22. The van der Waals surface area contributed by atoms with Gasteiger partial charge in [-0.1, -0.05) is 40.2 Å². The molecule has 2 rings (SSSR count). The molecule has 0 heterocycles. The molecule has 2 aromatic carbocycles. The Balaban J connectivity index is 2.22. The summed E-state index contributed by atoms with van der Waals surface area (Å²) in [7, 11) is 0. The van der Waals surface area contributed by atoms with Gasteiger partial charge in [0.25, 0.3) is 0 Å². The van der Waals surface area contributed by atoms with E-state index in [-0.39, 0.29) is 11.5 Å². The van der Waals surface area contributed by atoms with Gasteiger partial charge in [-0.05, 0) is 35.4 Å². The second-order valence-electron chi connectivity index (χ2n) is 3.67. The minimum absolute atomic E-state index is 0.0560. The van der Waals surface area contributed by atoms with Gasteiger partial charge in [-0.25, -0.2) is 0 Å². The van der Waals surface area contributed by atoms with Gasteiger partial charge in [0.05, 0.1) is 0 Å². The standard InChI is InChI=1S/C14H11BrO2/c15-12-5-3-10(4-6-12)1-2-11-7-13(16)9-14(17)8-11/h1-9,16-17H/b2-1+. The maximum atomic E-state index is 9.33. The lowest BCUT2D eigenvalue weighted by Gasteiger charge is -1.98. The normalized spacial score (nSPS) is 10.9. The van der Waals surface area contributed by atoms with E-state index in [9.17, 15) is 10.2 Å². The third kappa shape index (κ3) is 3.36. The minimum Gasteiger partial charge on any atom is -0.508 e. The number of halogens is 1. The Morgan fingerprint density at radius 2 is 1.29 bits per heavy atom. The van der Waals surface area contributed by atoms with Crippen LogP contribution < -0.4 is 0 Å². The molecule has 0 aliphatic rings. The van der Waals surface area contributed by atoms with Crippen molar-refractivity contribution < 1.29 is 10.2 Å². The highest BCUT2D eigenvalue weighted by molar-refractivity contribution is 9.10. The first-order valence-corrected chi connectivity index (χ1v) is 5.89. The summed E-state index contributed by atoms with van der Waals surface area (Å²) in [5.74, 6) is 0.112. The van der Waals surface area contributed by atoms with Crippen molar-refractivity contribution in [3.8, 4) is 11.5 Å². The molecule has 0 bridgehead atoms. The van der Waals surface area contributed by atoms with Gasteiger partial charge in [0.2, 0.25) is 0 Å². The number of aromatic hydroxyl groups is 2. The van der Waals surface area contributed by atoms with E-state index in [0.29, 0.717) is 0 Å². The SMILES string of the molecule is Oc1cc(O)cc(/C=C/c2ccc(Br)cc2)c1. The van der Waals surface area contributed by atoms with Gasteiger partial charge in [-0.2, -0.15) is 0 Å². The number of rotatable bonds is 2. The third-order valence-corrected chi connectivity index (χ3v) is 2.79. The van der Waals surface area contributed by atoms with Gasteiger partial charge >= 0.3 is 0 Å². The number of benzene rings is 2. The number of hydrogen-bond acceptors (Lipinski definition) is 2. The lowest BCUT2D eigenvalue weighted by molar-refractivity contribution is 0.450. The van der Waals surface area contributed by atoms with Crippen molar-refractivity contribution >= 4 is 28.1 Å². The Hall–Kier alpha value is -1.74. The Kier molecular flexibility index (Phi) is 3.49. The van der Waals surface area contributed by atoms with Crippen LogP contribution in [0.5, 0.6) is 11.5 Å². The molecule has 2 N–H and O–H groups in total. The second kappa shape index (κ2) is 5.06. The maximum Gasteiger partial charge on any atom is 0.119 e. The molecule has 0 aliphatic carbocycles. The largest absolute Gasteiger partial charge is 0.508 e. The van der Waals surface area contributed by atoms with Crippen LogP contribution in [0, 0.1) is 0 Å². The fourth-order valence-corrected chi connectivity index (χ4v) is 1.74. The molecular formula is C14H11BrO2. The molecule has 2 aromatic rings. The maximum absolute atomic E-state index is 9.33. The average Bonchev–Trinajstić information content (AvgIpc) is 2.27. The fraction of sp³-hybridized carbons (Fsp3) is 0. The monoisotopic (exact) mass is 290 g/mol. The molecular weight excluding hydrogens is 280 g/mol. The highest BCUT2D eigenvalue weighted by Gasteiger charge is 1.95. The van der Waals surface area contributed by atoms with Crippen molar-refractivity contribution in [2.75, 3.05) is 0 Å². The highest BCUT2D eigenvalue weighted by atomic mass is 79.9. The summed E-state index contributed by atoms with van der Waals surface area (Å²) in [6, 6.07) is 12.4. The zero-order valence-electron chi connectivity index (χ0n) is 8.97. The molecule has 0 radical (unpaired) electrons. The Labute approximate surface area is 108 Å². The molecule has 0 atom stereocenters. The van der Waals surface area contributed by atoms with Crippen molar-refractivity contribution in [1.29, 1.82) is 0 Å². The molecule has 0 fully saturated rings. The number of phenols is 2. The minimum atomic E-state index is 0.0560. The van der Waals surface area contributed by atoms with Gasteiger partial charge in [-0.3, -0.25) is 0 Å². The molecule has 0 saturated carbocycles. The molecule has 17 heavy (non-hydrogen) atoms. The summed E-state index contributed by atoms with van der Waals surface area (Å²) in [6.07, 6.45) is 3.75.